The van der Waals surface area contributed by atoms with E-state index in [1.165, 1.54) is 21.7 Å². The Balaban J connectivity index is 1.43. The summed E-state index contributed by atoms with van der Waals surface area (Å²) in [6.07, 6.45) is 10.4. The number of hydrogen-bond acceptors (Lipinski definition) is 3. The van der Waals surface area contributed by atoms with Gasteiger partial charge in [-0.05, 0) is 67.7 Å². The van der Waals surface area contributed by atoms with E-state index in [1.807, 2.05) is 18.2 Å². The summed E-state index contributed by atoms with van der Waals surface area (Å²) < 4.78 is 0. The number of anilines is 1. The molecule has 2 heterocycles. The van der Waals surface area contributed by atoms with E-state index in [1.54, 1.807) is 0 Å². The molecule has 2 aliphatic heterocycles. The minimum atomic E-state index is -0.815. The molecule has 0 saturated heterocycles. The SMILES string of the molecule is CC1(C)/C(=C\C=C2/CCC(/C=C/C3[NH+](CCC(=O)O)c4ccccc4C3(C)C)=C2Cl)N(CCC(=O)O)c2ccccc21. The number of benzene rings is 2. The molecule has 220 valence electrons. The van der Waals surface area contributed by atoms with Gasteiger partial charge in [-0.15, -0.1) is 0 Å². The monoisotopic (exact) mass is 587 g/mol. The summed E-state index contributed by atoms with van der Waals surface area (Å²) in [6.45, 7) is 9.74. The molecule has 0 aromatic heterocycles. The Morgan fingerprint density at radius 2 is 1.62 bits per heavy atom. The van der Waals surface area contributed by atoms with Gasteiger partial charge in [-0.3, -0.25) is 14.5 Å². The van der Waals surface area contributed by atoms with Crippen LogP contribution in [0.4, 0.5) is 11.4 Å². The topological polar surface area (TPSA) is 82.3 Å². The van der Waals surface area contributed by atoms with E-state index in [4.69, 9.17) is 11.6 Å². The molecule has 6 nitrogen and oxygen atoms in total. The van der Waals surface area contributed by atoms with Crippen molar-refractivity contribution < 1.29 is 24.7 Å². The number of carboxylic acids is 2. The number of rotatable bonds is 9. The van der Waals surface area contributed by atoms with Crippen molar-refractivity contribution in [3.05, 3.63) is 106 Å². The molecule has 2 aromatic rings. The Morgan fingerprint density at radius 1 is 0.952 bits per heavy atom. The molecule has 2 aromatic carbocycles. The van der Waals surface area contributed by atoms with Crippen molar-refractivity contribution in [2.24, 2.45) is 0 Å². The van der Waals surface area contributed by atoms with Crippen molar-refractivity contribution in [1.29, 1.82) is 0 Å². The number of carbonyl (C=O) groups is 2. The van der Waals surface area contributed by atoms with Gasteiger partial charge in [0.25, 0.3) is 0 Å². The van der Waals surface area contributed by atoms with E-state index in [0.717, 1.165) is 40.4 Å². The van der Waals surface area contributed by atoms with Gasteiger partial charge in [-0.25, -0.2) is 0 Å². The predicted molar refractivity (Wildman–Crippen MR) is 167 cm³/mol. The van der Waals surface area contributed by atoms with Crippen LogP contribution in [0.5, 0.6) is 0 Å². The molecule has 42 heavy (non-hydrogen) atoms. The molecular weight excluding hydrogens is 548 g/mol. The van der Waals surface area contributed by atoms with Gasteiger partial charge < -0.3 is 15.1 Å². The molecule has 0 bridgehead atoms. The van der Waals surface area contributed by atoms with Crippen LogP contribution < -0.4 is 9.80 Å². The molecule has 0 amide bonds. The van der Waals surface area contributed by atoms with Crippen molar-refractivity contribution in [2.75, 3.05) is 18.0 Å². The van der Waals surface area contributed by atoms with Crippen LogP contribution in [0.15, 0.2) is 94.7 Å². The Hall–Kier alpha value is -3.61. The number of para-hydroxylation sites is 2. The fourth-order valence-electron chi connectivity index (χ4n) is 6.97. The lowest BCUT2D eigenvalue weighted by molar-refractivity contribution is -0.849. The summed E-state index contributed by atoms with van der Waals surface area (Å²) in [7, 11) is 0. The number of hydrogen-bond donors (Lipinski definition) is 3. The highest BCUT2D eigenvalue weighted by Crippen LogP contribution is 2.48. The second-order valence-electron chi connectivity index (χ2n) is 12.5. The summed E-state index contributed by atoms with van der Waals surface area (Å²) in [4.78, 5) is 26.2. The van der Waals surface area contributed by atoms with E-state index in [2.05, 4.69) is 87.2 Å². The average molecular weight is 588 g/mol. The minimum absolute atomic E-state index is 0.0563. The molecule has 0 radical (unpaired) electrons. The molecule has 3 aliphatic rings. The van der Waals surface area contributed by atoms with Crippen molar-refractivity contribution in [2.45, 2.75) is 70.3 Å². The molecule has 0 saturated carbocycles. The van der Waals surface area contributed by atoms with Crippen molar-refractivity contribution in [1.82, 2.24) is 0 Å². The summed E-state index contributed by atoms with van der Waals surface area (Å²) in [5.41, 5.74) is 7.46. The summed E-state index contributed by atoms with van der Waals surface area (Å²) >= 11 is 6.97. The number of carboxylic acid groups (broad SMARTS) is 2. The zero-order valence-corrected chi connectivity index (χ0v) is 25.5. The summed E-state index contributed by atoms with van der Waals surface area (Å²) in [6, 6.07) is 16.6. The lowest BCUT2D eigenvalue weighted by Gasteiger charge is -2.27. The molecular formula is C35H40ClN2O4+. The number of fused-ring (bicyclic) bond motifs is 2. The third-order valence-corrected chi connectivity index (χ3v) is 9.72. The van der Waals surface area contributed by atoms with E-state index < -0.39 is 11.9 Å². The van der Waals surface area contributed by atoms with Gasteiger partial charge in [0, 0.05) is 33.9 Å². The highest BCUT2D eigenvalue weighted by atomic mass is 35.5. The second-order valence-corrected chi connectivity index (χ2v) is 12.9. The first-order valence-corrected chi connectivity index (χ1v) is 15.1. The highest BCUT2D eigenvalue weighted by Gasteiger charge is 2.47. The number of aliphatic carboxylic acids is 2. The lowest BCUT2D eigenvalue weighted by Crippen LogP contribution is -3.10. The van der Waals surface area contributed by atoms with Gasteiger partial charge in [0.15, 0.2) is 0 Å². The fraction of sp³-hybridized carbons (Fsp3) is 0.371. The number of quaternary nitrogens is 1. The maximum atomic E-state index is 11.4. The Labute approximate surface area is 253 Å². The first-order valence-electron chi connectivity index (χ1n) is 14.7. The van der Waals surface area contributed by atoms with E-state index in [-0.39, 0.29) is 29.7 Å². The van der Waals surface area contributed by atoms with Crippen LogP contribution in [0.25, 0.3) is 0 Å². The van der Waals surface area contributed by atoms with E-state index in [0.29, 0.717) is 13.1 Å². The third kappa shape index (κ3) is 5.46. The number of nitrogens with one attached hydrogen (secondary N) is 1. The standard InChI is InChI=1S/C35H39ClN2O4/c1-34(2)25-9-5-7-11-27(25)37(21-19-31(39)40)29(34)17-15-23-13-14-24(33(23)36)16-18-30-35(3,4)26-10-6-8-12-28(26)38(30)22-20-32(41)42/h5-12,15-18,29H,13-14,19-22H2,1-4H3,(H,39,40)(H,41,42)/p+1/b17-15+,24-16+,30-18+. The predicted octanol–water partition coefficient (Wildman–Crippen LogP) is 6.26. The molecule has 5 rings (SSSR count). The Kier molecular flexibility index (Phi) is 8.23. The van der Waals surface area contributed by atoms with Gasteiger partial charge in [0.2, 0.25) is 0 Å². The summed E-state index contributed by atoms with van der Waals surface area (Å²) in [5, 5.41) is 19.5. The number of allylic oxidation sites excluding steroid dienone is 7. The summed E-state index contributed by atoms with van der Waals surface area (Å²) in [5.74, 6) is -1.60. The van der Waals surface area contributed by atoms with Crippen LogP contribution in [-0.2, 0) is 20.4 Å². The minimum Gasteiger partial charge on any atom is -0.481 e. The normalized spacial score (nSPS) is 24.2. The van der Waals surface area contributed by atoms with Crippen LogP contribution >= 0.6 is 11.6 Å². The maximum absolute atomic E-state index is 11.4. The van der Waals surface area contributed by atoms with Crippen molar-refractivity contribution >= 4 is 34.9 Å². The smallest absolute Gasteiger partial charge is 0.309 e. The first kappa shape index (κ1) is 29.9. The number of halogens is 1. The van der Waals surface area contributed by atoms with Gasteiger partial charge in [-0.1, -0.05) is 74.0 Å². The lowest BCUT2D eigenvalue weighted by atomic mass is 9.80. The number of nitrogens with zero attached hydrogens (tertiary/aromatic N) is 1. The molecule has 0 spiro atoms. The van der Waals surface area contributed by atoms with E-state index >= 15 is 0 Å². The van der Waals surface area contributed by atoms with Gasteiger partial charge in [0.1, 0.15) is 11.7 Å². The third-order valence-electron chi connectivity index (χ3n) is 9.24. The van der Waals surface area contributed by atoms with Gasteiger partial charge in [-0.2, -0.15) is 0 Å². The van der Waals surface area contributed by atoms with Crippen LogP contribution in [-0.4, -0.2) is 41.3 Å². The van der Waals surface area contributed by atoms with Gasteiger partial charge >= 0.3 is 11.9 Å². The highest BCUT2D eigenvalue weighted by molar-refractivity contribution is 6.33. The Morgan fingerprint density at radius 3 is 2.33 bits per heavy atom. The zero-order chi connectivity index (χ0) is 30.2. The zero-order valence-electron chi connectivity index (χ0n) is 24.8. The molecule has 2 unspecified atom stereocenters. The molecule has 7 heteroatoms. The van der Waals surface area contributed by atoms with Gasteiger partial charge in [0.05, 0.1) is 24.8 Å². The quantitative estimate of drug-likeness (QED) is 0.322. The van der Waals surface area contributed by atoms with Crippen LogP contribution in [0.1, 0.15) is 64.5 Å². The van der Waals surface area contributed by atoms with Crippen molar-refractivity contribution in [3.63, 3.8) is 0 Å². The largest absolute Gasteiger partial charge is 0.481 e. The molecule has 2 atom stereocenters. The van der Waals surface area contributed by atoms with Crippen LogP contribution in [0, 0.1) is 0 Å². The first-order chi connectivity index (χ1) is 19.9. The molecule has 0 fully saturated rings. The van der Waals surface area contributed by atoms with Crippen LogP contribution in [0.2, 0.25) is 0 Å². The average Bonchev–Trinajstić information content (AvgIpc) is 3.48. The molecule has 1 aliphatic carbocycles. The van der Waals surface area contributed by atoms with E-state index in [9.17, 15) is 19.8 Å². The van der Waals surface area contributed by atoms with Crippen molar-refractivity contribution in [3.8, 4) is 0 Å². The maximum Gasteiger partial charge on any atom is 0.309 e. The molecule has 3 N–H and O–H groups in total. The van der Waals surface area contributed by atoms with Crippen LogP contribution in [0.3, 0.4) is 0 Å². The fourth-order valence-corrected chi connectivity index (χ4v) is 7.29. The Bertz CT molecular complexity index is 1530. The second kappa shape index (κ2) is 11.6.